The Labute approximate surface area is 118 Å². The van der Waals surface area contributed by atoms with Crippen LogP contribution in [0.4, 0.5) is 0 Å². The first-order valence-corrected chi connectivity index (χ1v) is 6.74. The lowest BCUT2D eigenvalue weighted by Gasteiger charge is -2.29. The highest BCUT2D eigenvalue weighted by molar-refractivity contribution is 6.33. The second-order valence-electron chi connectivity index (χ2n) is 4.66. The van der Waals surface area contributed by atoms with Gasteiger partial charge in [0.1, 0.15) is 11.5 Å². The zero-order valence-electron chi connectivity index (χ0n) is 11.5. The molecule has 19 heavy (non-hydrogen) atoms. The number of halogens is 1. The molecule has 0 aromatic carbocycles. The van der Waals surface area contributed by atoms with E-state index >= 15 is 0 Å². The summed E-state index contributed by atoms with van der Waals surface area (Å²) in [4.78, 5) is 20.0. The fourth-order valence-electron chi connectivity index (χ4n) is 1.75. The van der Waals surface area contributed by atoms with Gasteiger partial charge in [0, 0.05) is 12.0 Å². The predicted molar refractivity (Wildman–Crippen MR) is 74.2 cm³/mol. The van der Waals surface area contributed by atoms with Crippen molar-refractivity contribution in [2.24, 2.45) is 5.41 Å². The molecule has 0 aliphatic rings. The van der Waals surface area contributed by atoms with Crippen LogP contribution in [0.5, 0.6) is 0 Å². The Hall–Kier alpha value is -1.20. The first-order chi connectivity index (χ1) is 8.98. The minimum atomic E-state index is -0.338. The molecule has 0 saturated heterocycles. The minimum Gasteiger partial charge on any atom is -0.396 e. The van der Waals surface area contributed by atoms with E-state index in [2.05, 4.69) is 15.3 Å². The summed E-state index contributed by atoms with van der Waals surface area (Å²) >= 11 is 5.91. The maximum Gasteiger partial charge on any atom is 0.271 e. The number of hydrogen-bond donors (Lipinski definition) is 2. The molecule has 1 aromatic heterocycles. The van der Waals surface area contributed by atoms with Crippen molar-refractivity contribution in [2.75, 3.05) is 13.2 Å². The highest BCUT2D eigenvalue weighted by atomic mass is 35.5. The van der Waals surface area contributed by atoms with Gasteiger partial charge in [-0.1, -0.05) is 25.4 Å². The summed E-state index contributed by atoms with van der Waals surface area (Å²) in [5.74, 6) is 0.157. The van der Waals surface area contributed by atoms with Crippen molar-refractivity contribution in [3.8, 4) is 0 Å². The molecule has 1 rings (SSSR count). The molecular formula is C13H20ClN3O2. The second kappa shape index (κ2) is 6.82. The zero-order chi connectivity index (χ0) is 14.5. The van der Waals surface area contributed by atoms with E-state index in [1.165, 1.54) is 6.20 Å². The lowest BCUT2D eigenvalue weighted by atomic mass is 9.83. The van der Waals surface area contributed by atoms with Crippen molar-refractivity contribution in [3.05, 3.63) is 22.7 Å². The summed E-state index contributed by atoms with van der Waals surface area (Å²) in [6.45, 7) is 6.12. The molecule has 6 heteroatoms. The van der Waals surface area contributed by atoms with Crippen LogP contribution in [0.2, 0.25) is 5.02 Å². The van der Waals surface area contributed by atoms with Gasteiger partial charge in [-0.15, -0.1) is 0 Å². The van der Waals surface area contributed by atoms with Gasteiger partial charge >= 0.3 is 0 Å². The molecule has 0 radical (unpaired) electrons. The molecule has 2 N–H and O–H groups in total. The van der Waals surface area contributed by atoms with E-state index in [0.717, 1.165) is 12.8 Å². The molecular weight excluding hydrogens is 266 g/mol. The summed E-state index contributed by atoms with van der Waals surface area (Å²) < 4.78 is 0. The average Bonchev–Trinajstić information content (AvgIpc) is 2.43. The minimum absolute atomic E-state index is 0.0385. The molecule has 0 atom stereocenters. The van der Waals surface area contributed by atoms with Gasteiger partial charge in [0.2, 0.25) is 0 Å². The largest absolute Gasteiger partial charge is 0.396 e. The SMILES string of the molecule is CCC(CC)(CO)CNC(=O)c1nc(C)ncc1Cl. The van der Waals surface area contributed by atoms with Gasteiger partial charge in [0.25, 0.3) is 5.91 Å². The van der Waals surface area contributed by atoms with E-state index in [1.807, 2.05) is 13.8 Å². The number of aromatic nitrogens is 2. The van der Waals surface area contributed by atoms with Gasteiger partial charge < -0.3 is 10.4 Å². The van der Waals surface area contributed by atoms with E-state index in [0.29, 0.717) is 12.4 Å². The topological polar surface area (TPSA) is 75.1 Å². The lowest BCUT2D eigenvalue weighted by Crippen LogP contribution is -2.39. The monoisotopic (exact) mass is 285 g/mol. The standard InChI is InChI=1S/C13H20ClN3O2/c1-4-13(5-2,8-18)7-16-12(19)11-10(14)6-15-9(3)17-11/h6,18H,4-5,7-8H2,1-3H3,(H,16,19). The molecule has 5 nitrogen and oxygen atoms in total. The number of carbonyl (C=O) groups is 1. The Bertz CT molecular complexity index is 439. The number of nitrogens with one attached hydrogen (secondary N) is 1. The average molecular weight is 286 g/mol. The van der Waals surface area contributed by atoms with Crippen LogP contribution in [0.3, 0.4) is 0 Å². The molecule has 1 heterocycles. The predicted octanol–water partition coefficient (Wildman–Crippen LogP) is 1.97. The number of amides is 1. The van der Waals surface area contributed by atoms with Crippen molar-refractivity contribution in [3.63, 3.8) is 0 Å². The Morgan fingerprint density at radius 3 is 2.63 bits per heavy atom. The molecule has 1 amide bonds. The highest BCUT2D eigenvalue weighted by Gasteiger charge is 2.26. The van der Waals surface area contributed by atoms with Crippen LogP contribution in [0.1, 0.15) is 43.0 Å². The number of carbonyl (C=O) groups excluding carboxylic acids is 1. The van der Waals surface area contributed by atoms with Crippen LogP contribution in [0, 0.1) is 12.3 Å². The fraction of sp³-hybridized carbons (Fsp3) is 0.615. The van der Waals surface area contributed by atoms with Crippen molar-refractivity contribution in [1.29, 1.82) is 0 Å². The Kier molecular flexibility index (Phi) is 5.69. The molecule has 0 unspecified atom stereocenters. The number of nitrogens with zero attached hydrogens (tertiary/aromatic N) is 2. The Balaban J connectivity index is 2.77. The van der Waals surface area contributed by atoms with Gasteiger partial charge in [-0.2, -0.15) is 0 Å². The van der Waals surface area contributed by atoms with Gasteiger partial charge in [0.05, 0.1) is 17.8 Å². The molecule has 0 bridgehead atoms. The summed E-state index contributed by atoms with van der Waals surface area (Å²) in [6, 6.07) is 0. The first kappa shape index (κ1) is 15.9. The Morgan fingerprint density at radius 1 is 1.47 bits per heavy atom. The van der Waals surface area contributed by atoms with Gasteiger partial charge in [-0.3, -0.25) is 4.79 Å². The quantitative estimate of drug-likeness (QED) is 0.838. The molecule has 0 aliphatic heterocycles. The van der Waals surface area contributed by atoms with Crippen molar-refractivity contribution >= 4 is 17.5 Å². The summed E-state index contributed by atoms with van der Waals surface area (Å²) in [6.07, 6.45) is 2.99. The third-order valence-electron chi connectivity index (χ3n) is 3.54. The molecule has 1 aromatic rings. The highest BCUT2D eigenvalue weighted by Crippen LogP contribution is 2.24. The van der Waals surface area contributed by atoms with Gasteiger partial charge in [-0.05, 0) is 19.8 Å². The van der Waals surface area contributed by atoms with Crippen LogP contribution in [-0.4, -0.2) is 34.1 Å². The number of hydrogen-bond acceptors (Lipinski definition) is 4. The van der Waals surface area contributed by atoms with E-state index in [1.54, 1.807) is 6.92 Å². The third kappa shape index (κ3) is 3.88. The van der Waals surface area contributed by atoms with Crippen molar-refractivity contribution < 1.29 is 9.90 Å². The first-order valence-electron chi connectivity index (χ1n) is 6.36. The van der Waals surface area contributed by atoms with Gasteiger partial charge in [0.15, 0.2) is 0 Å². The van der Waals surface area contributed by atoms with Crippen LogP contribution in [-0.2, 0) is 0 Å². The summed E-state index contributed by atoms with van der Waals surface area (Å²) in [7, 11) is 0. The number of aryl methyl sites for hydroxylation is 1. The van der Waals surface area contributed by atoms with Crippen LogP contribution >= 0.6 is 11.6 Å². The van der Waals surface area contributed by atoms with E-state index < -0.39 is 0 Å². The second-order valence-corrected chi connectivity index (χ2v) is 5.07. The molecule has 0 spiro atoms. The van der Waals surface area contributed by atoms with E-state index in [-0.39, 0.29) is 28.6 Å². The fourth-order valence-corrected chi connectivity index (χ4v) is 1.92. The lowest BCUT2D eigenvalue weighted by molar-refractivity contribution is 0.0846. The molecule has 0 aliphatic carbocycles. The van der Waals surface area contributed by atoms with E-state index in [9.17, 15) is 9.90 Å². The van der Waals surface area contributed by atoms with Crippen LogP contribution in [0.15, 0.2) is 6.20 Å². The number of aliphatic hydroxyl groups is 1. The van der Waals surface area contributed by atoms with E-state index in [4.69, 9.17) is 11.6 Å². The smallest absolute Gasteiger partial charge is 0.271 e. The maximum absolute atomic E-state index is 12.0. The number of aliphatic hydroxyl groups excluding tert-OH is 1. The molecule has 106 valence electrons. The van der Waals surface area contributed by atoms with Crippen molar-refractivity contribution in [2.45, 2.75) is 33.6 Å². The zero-order valence-corrected chi connectivity index (χ0v) is 12.3. The number of rotatable bonds is 6. The molecule has 0 fully saturated rings. The van der Waals surface area contributed by atoms with Gasteiger partial charge in [-0.25, -0.2) is 9.97 Å². The Morgan fingerprint density at radius 2 is 2.11 bits per heavy atom. The third-order valence-corrected chi connectivity index (χ3v) is 3.82. The summed E-state index contributed by atoms with van der Waals surface area (Å²) in [5, 5.41) is 12.5. The van der Waals surface area contributed by atoms with Crippen LogP contribution in [0.25, 0.3) is 0 Å². The van der Waals surface area contributed by atoms with Crippen molar-refractivity contribution in [1.82, 2.24) is 15.3 Å². The van der Waals surface area contributed by atoms with Crippen LogP contribution < -0.4 is 5.32 Å². The molecule has 0 saturated carbocycles. The maximum atomic E-state index is 12.0. The summed E-state index contributed by atoms with van der Waals surface area (Å²) in [5.41, 5.74) is -0.113. The normalized spacial score (nSPS) is 11.4.